The summed E-state index contributed by atoms with van der Waals surface area (Å²) in [6, 6.07) is 12.0. The highest BCUT2D eigenvalue weighted by atomic mass is 32.2. The summed E-state index contributed by atoms with van der Waals surface area (Å²) in [6.07, 6.45) is 0.0388. The molecule has 2 aliphatic rings. The average molecular weight is 430 g/mol. The lowest BCUT2D eigenvalue weighted by Crippen LogP contribution is -2.43. The van der Waals surface area contributed by atoms with E-state index in [4.69, 9.17) is 0 Å². The van der Waals surface area contributed by atoms with Crippen LogP contribution in [0.4, 0.5) is 4.39 Å². The number of hydrogen-bond acceptors (Lipinski definition) is 5. The molecule has 0 aliphatic carbocycles. The average Bonchev–Trinajstić information content (AvgIpc) is 2.86. The Bertz CT molecular complexity index is 1110. The van der Waals surface area contributed by atoms with Crippen LogP contribution in [0.1, 0.15) is 38.0 Å². The molecule has 1 fully saturated rings. The van der Waals surface area contributed by atoms with Crippen molar-refractivity contribution in [1.82, 2.24) is 9.80 Å². The molecule has 0 aromatic heterocycles. The van der Waals surface area contributed by atoms with Crippen molar-refractivity contribution in [2.75, 3.05) is 25.4 Å². The van der Waals surface area contributed by atoms with E-state index in [1.807, 2.05) is 0 Å². The monoisotopic (exact) mass is 430 g/mol. The summed E-state index contributed by atoms with van der Waals surface area (Å²) in [5.41, 5.74) is 0.578. The van der Waals surface area contributed by atoms with Gasteiger partial charge in [-0.05, 0) is 24.6 Å². The van der Waals surface area contributed by atoms with Crippen LogP contribution in [0.25, 0.3) is 0 Å². The van der Waals surface area contributed by atoms with E-state index in [0.29, 0.717) is 0 Å². The van der Waals surface area contributed by atoms with Gasteiger partial charge in [-0.2, -0.15) is 0 Å². The number of carbonyl (C=O) groups excluding carboxylic acids is 3. The zero-order valence-electron chi connectivity index (χ0n) is 16.0. The zero-order chi connectivity index (χ0) is 21.5. The molecule has 0 saturated carbocycles. The van der Waals surface area contributed by atoms with Crippen molar-refractivity contribution in [1.29, 1.82) is 0 Å². The normalized spacial score (nSPS) is 20.8. The molecule has 1 unspecified atom stereocenters. The van der Waals surface area contributed by atoms with Gasteiger partial charge in [-0.1, -0.05) is 30.3 Å². The summed E-state index contributed by atoms with van der Waals surface area (Å²) >= 11 is 0. The van der Waals surface area contributed by atoms with Crippen LogP contribution >= 0.6 is 0 Å². The van der Waals surface area contributed by atoms with Crippen LogP contribution in [-0.4, -0.2) is 61.3 Å². The van der Waals surface area contributed by atoms with E-state index >= 15 is 0 Å². The van der Waals surface area contributed by atoms with Crippen LogP contribution in [0.15, 0.2) is 48.5 Å². The number of amides is 3. The van der Waals surface area contributed by atoms with Gasteiger partial charge in [0.15, 0.2) is 9.84 Å². The van der Waals surface area contributed by atoms with E-state index in [9.17, 15) is 27.2 Å². The van der Waals surface area contributed by atoms with Crippen molar-refractivity contribution in [2.45, 2.75) is 11.7 Å². The van der Waals surface area contributed by atoms with E-state index in [1.165, 1.54) is 35.2 Å². The molecule has 0 spiro atoms. The molecule has 0 N–H and O–H groups in total. The quantitative estimate of drug-likeness (QED) is 0.693. The summed E-state index contributed by atoms with van der Waals surface area (Å²) in [7, 11) is -3.68. The van der Waals surface area contributed by atoms with Crippen molar-refractivity contribution >= 4 is 27.6 Å². The van der Waals surface area contributed by atoms with Crippen molar-refractivity contribution in [3.63, 3.8) is 0 Å². The summed E-state index contributed by atoms with van der Waals surface area (Å²) in [5, 5.41) is -1.05. The zero-order valence-corrected chi connectivity index (χ0v) is 16.8. The highest BCUT2D eigenvalue weighted by molar-refractivity contribution is 7.91. The van der Waals surface area contributed by atoms with Gasteiger partial charge in [0.05, 0.1) is 22.1 Å². The maximum Gasteiger partial charge on any atom is 0.262 e. The van der Waals surface area contributed by atoms with E-state index in [0.717, 1.165) is 4.90 Å². The number of halogens is 1. The molecular formula is C21H19FN2O5S. The van der Waals surface area contributed by atoms with E-state index in [-0.39, 0.29) is 42.0 Å². The molecule has 7 nitrogen and oxygen atoms in total. The molecule has 30 heavy (non-hydrogen) atoms. The summed E-state index contributed by atoms with van der Waals surface area (Å²) in [6.45, 7) is -0.452. The van der Waals surface area contributed by atoms with Crippen LogP contribution in [0.3, 0.4) is 0 Å². The molecule has 156 valence electrons. The largest absolute Gasteiger partial charge is 0.340 e. The first kappa shape index (κ1) is 20.2. The van der Waals surface area contributed by atoms with Crippen LogP contribution in [0.2, 0.25) is 0 Å². The lowest BCUT2D eigenvalue weighted by molar-refractivity contribution is -0.131. The van der Waals surface area contributed by atoms with Crippen LogP contribution in [-0.2, 0) is 14.6 Å². The molecular weight excluding hydrogens is 411 g/mol. The third-order valence-electron chi connectivity index (χ3n) is 5.52. The Morgan fingerprint density at radius 1 is 0.967 bits per heavy atom. The molecule has 4 rings (SSSR count). The molecule has 2 heterocycles. The Labute approximate surface area is 173 Å². The predicted molar refractivity (Wildman–Crippen MR) is 106 cm³/mol. The van der Waals surface area contributed by atoms with Gasteiger partial charge < -0.3 is 4.90 Å². The number of rotatable bonds is 3. The Balaban J connectivity index is 1.50. The van der Waals surface area contributed by atoms with Gasteiger partial charge in [0.1, 0.15) is 12.4 Å². The van der Waals surface area contributed by atoms with Crippen molar-refractivity contribution < 1.29 is 27.2 Å². The van der Waals surface area contributed by atoms with Gasteiger partial charge in [-0.15, -0.1) is 0 Å². The minimum absolute atomic E-state index is 0.0388. The lowest BCUT2D eigenvalue weighted by atomic mass is 10.1. The van der Waals surface area contributed by atoms with Gasteiger partial charge in [-0.25, -0.2) is 12.8 Å². The standard InChI is InChI=1S/C21H19FN2O5S/c22-17-8-4-3-7-16(17)18-9-10-23(11-12-30(18,28)29)19(25)13-24-20(26)14-5-1-2-6-15(14)21(24)27/h1-8,18H,9-13H2. The number of carbonyl (C=O) groups is 3. The van der Waals surface area contributed by atoms with Gasteiger partial charge in [0.25, 0.3) is 11.8 Å². The maximum atomic E-state index is 14.2. The first-order valence-corrected chi connectivity index (χ1v) is 11.2. The van der Waals surface area contributed by atoms with Gasteiger partial charge in [0.2, 0.25) is 5.91 Å². The van der Waals surface area contributed by atoms with Gasteiger partial charge in [-0.3, -0.25) is 19.3 Å². The number of imide groups is 1. The Morgan fingerprint density at radius 2 is 1.57 bits per heavy atom. The second-order valence-corrected chi connectivity index (χ2v) is 9.59. The molecule has 1 atom stereocenters. The topological polar surface area (TPSA) is 91.8 Å². The summed E-state index contributed by atoms with van der Waals surface area (Å²) in [4.78, 5) is 39.9. The van der Waals surface area contributed by atoms with Gasteiger partial charge >= 0.3 is 0 Å². The van der Waals surface area contributed by atoms with Crippen LogP contribution < -0.4 is 0 Å². The molecule has 1 saturated heterocycles. The van der Waals surface area contributed by atoms with Crippen LogP contribution in [0, 0.1) is 5.82 Å². The molecule has 0 radical (unpaired) electrons. The second-order valence-electron chi connectivity index (χ2n) is 7.29. The minimum atomic E-state index is -3.68. The Morgan fingerprint density at radius 3 is 2.20 bits per heavy atom. The van der Waals surface area contributed by atoms with Gasteiger partial charge in [0, 0.05) is 18.7 Å². The Kier molecular flexibility index (Phi) is 5.15. The van der Waals surface area contributed by atoms with E-state index in [1.54, 1.807) is 18.2 Å². The molecule has 9 heteroatoms. The fourth-order valence-corrected chi connectivity index (χ4v) is 5.70. The highest BCUT2D eigenvalue weighted by Gasteiger charge is 2.39. The van der Waals surface area contributed by atoms with Crippen molar-refractivity contribution in [2.24, 2.45) is 0 Å². The molecule has 0 bridgehead atoms. The smallest absolute Gasteiger partial charge is 0.262 e. The third kappa shape index (κ3) is 3.49. The van der Waals surface area contributed by atoms with E-state index in [2.05, 4.69) is 0 Å². The SMILES string of the molecule is O=C(CN1C(=O)c2ccccc2C1=O)N1CCC(c2ccccc2F)S(=O)(=O)CC1. The summed E-state index contributed by atoms with van der Waals surface area (Å²) < 4.78 is 39.6. The lowest BCUT2D eigenvalue weighted by Gasteiger charge is -2.23. The number of sulfone groups is 1. The third-order valence-corrected chi connectivity index (χ3v) is 7.63. The minimum Gasteiger partial charge on any atom is -0.340 e. The second kappa shape index (κ2) is 7.64. The maximum absolute atomic E-state index is 14.2. The first-order chi connectivity index (χ1) is 14.3. The number of fused-ring (bicyclic) bond motifs is 1. The Hall–Kier alpha value is -3.07. The summed E-state index contributed by atoms with van der Waals surface area (Å²) in [5.74, 6) is -2.53. The van der Waals surface area contributed by atoms with Crippen molar-refractivity contribution in [3.05, 3.63) is 71.0 Å². The fourth-order valence-electron chi connectivity index (χ4n) is 3.90. The molecule has 2 aliphatic heterocycles. The fraction of sp³-hybridized carbons (Fsp3) is 0.286. The number of benzene rings is 2. The molecule has 2 aromatic rings. The van der Waals surface area contributed by atoms with Crippen LogP contribution in [0.5, 0.6) is 0 Å². The predicted octanol–water partition coefficient (Wildman–Crippen LogP) is 1.81. The van der Waals surface area contributed by atoms with E-state index < -0.39 is 45.2 Å². The first-order valence-electron chi connectivity index (χ1n) is 9.48. The molecule has 2 aromatic carbocycles. The highest BCUT2D eigenvalue weighted by Crippen LogP contribution is 2.31. The molecule has 3 amide bonds. The number of hydrogen-bond donors (Lipinski definition) is 0. The number of nitrogens with zero attached hydrogens (tertiary/aromatic N) is 2. The van der Waals surface area contributed by atoms with Crippen molar-refractivity contribution in [3.8, 4) is 0 Å².